The van der Waals surface area contributed by atoms with Crippen molar-refractivity contribution in [3.8, 4) is 5.75 Å². The molecule has 31 heavy (non-hydrogen) atoms. The minimum Gasteiger partial charge on any atom is -0.399 e. The minimum absolute atomic E-state index is 0.0126. The van der Waals surface area contributed by atoms with Gasteiger partial charge in [0.2, 0.25) is 5.75 Å². The van der Waals surface area contributed by atoms with Crippen molar-refractivity contribution in [3.05, 3.63) is 42.0 Å². The van der Waals surface area contributed by atoms with Crippen LogP contribution in [0.25, 0.3) is 0 Å². The van der Waals surface area contributed by atoms with Gasteiger partial charge in [-0.15, -0.1) is 19.8 Å². The van der Waals surface area contributed by atoms with Gasteiger partial charge in [0.25, 0.3) is 0 Å². The number of alkyl halides is 3. The number of hydrogen-bond donors (Lipinski definition) is 0. The largest absolute Gasteiger partial charge is 0.573 e. The van der Waals surface area contributed by atoms with Crippen molar-refractivity contribution < 1.29 is 26.7 Å². The lowest BCUT2D eigenvalue weighted by Crippen LogP contribution is -2.25. The standard InChI is InChI=1S/C25H33F5O/c1-2-3-4-5-6-17-7-9-18(10-8-17)19-11-13-20(14-12-19)21-15-22(26)24(23(27)16-21)31-25(28,29)30/h2,15-20H,1,3-14H2. The molecule has 0 saturated heterocycles. The Balaban J connectivity index is 1.47. The van der Waals surface area contributed by atoms with Gasteiger partial charge in [0, 0.05) is 0 Å². The molecule has 0 aromatic heterocycles. The molecule has 6 heteroatoms. The van der Waals surface area contributed by atoms with E-state index in [1.807, 2.05) is 6.08 Å². The summed E-state index contributed by atoms with van der Waals surface area (Å²) in [5, 5.41) is 0. The lowest BCUT2D eigenvalue weighted by Gasteiger charge is -2.38. The molecule has 1 nitrogen and oxygen atoms in total. The van der Waals surface area contributed by atoms with Gasteiger partial charge in [0.1, 0.15) is 0 Å². The second-order valence-electron chi connectivity index (χ2n) is 9.33. The summed E-state index contributed by atoms with van der Waals surface area (Å²) >= 11 is 0. The van der Waals surface area contributed by atoms with E-state index in [9.17, 15) is 22.0 Å². The molecule has 0 atom stereocenters. The quantitative estimate of drug-likeness (QED) is 0.221. The summed E-state index contributed by atoms with van der Waals surface area (Å²) in [7, 11) is 0. The molecule has 0 N–H and O–H groups in total. The van der Waals surface area contributed by atoms with Gasteiger partial charge in [-0.05, 0) is 92.7 Å². The van der Waals surface area contributed by atoms with Crippen LogP contribution in [0.5, 0.6) is 5.75 Å². The van der Waals surface area contributed by atoms with E-state index in [-0.39, 0.29) is 5.92 Å². The zero-order valence-corrected chi connectivity index (χ0v) is 18.0. The fourth-order valence-corrected chi connectivity index (χ4v) is 5.62. The molecule has 1 aromatic carbocycles. The first-order valence-electron chi connectivity index (χ1n) is 11.6. The maximum absolute atomic E-state index is 14.1. The zero-order valence-electron chi connectivity index (χ0n) is 18.0. The van der Waals surface area contributed by atoms with Crippen LogP contribution in [0.15, 0.2) is 24.8 Å². The van der Waals surface area contributed by atoms with Crippen molar-refractivity contribution in [1.82, 2.24) is 0 Å². The third kappa shape index (κ3) is 6.95. The Morgan fingerprint density at radius 1 is 0.871 bits per heavy atom. The van der Waals surface area contributed by atoms with Crippen LogP contribution in [0.1, 0.15) is 88.5 Å². The molecule has 2 aliphatic rings. The Kier molecular flexibility index (Phi) is 8.40. The van der Waals surface area contributed by atoms with E-state index in [0.717, 1.165) is 56.1 Å². The molecule has 0 aliphatic heterocycles. The van der Waals surface area contributed by atoms with Gasteiger partial charge >= 0.3 is 6.36 Å². The molecular weight excluding hydrogens is 411 g/mol. The van der Waals surface area contributed by atoms with Crippen LogP contribution in [-0.2, 0) is 0 Å². The molecule has 0 radical (unpaired) electrons. The highest BCUT2D eigenvalue weighted by molar-refractivity contribution is 5.33. The van der Waals surface area contributed by atoms with Gasteiger partial charge in [-0.3, -0.25) is 0 Å². The summed E-state index contributed by atoms with van der Waals surface area (Å²) in [4.78, 5) is 0. The van der Waals surface area contributed by atoms with Crippen LogP contribution >= 0.6 is 0 Å². The molecular formula is C25H33F5O. The van der Waals surface area contributed by atoms with Crippen molar-refractivity contribution in [3.63, 3.8) is 0 Å². The van der Waals surface area contributed by atoms with E-state index in [2.05, 4.69) is 11.3 Å². The lowest BCUT2D eigenvalue weighted by atomic mass is 9.68. The molecule has 3 rings (SSSR count). The summed E-state index contributed by atoms with van der Waals surface area (Å²) in [5.41, 5.74) is 0.436. The summed E-state index contributed by atoms with van der Waals surface area (Å²) in [6.07, 6.45) is 10.6. The summed E-state index contributed by atoms with van der Waals surface area (Å²) in [5.74, 6) is -1.73. The average Bonchev–Trinajstić information content (AvgIpc) is 2.74. The van der Waals surface area contributed by atoms with Crippen LogP contribution in [0.4, 0.5) is 22.0 Å². The Labute approximate surface area is 182 Å². The summed E-state index contributed by atoms with van der Waals surface area (Å²) in [6, 6.07) is 2.01. The number of halogens is 5. The number of ether oxygens (including phenoxy) is 1. The first kappa shape index (κ1) is 24.1. The second-order valence-corrected chi connectivity index (χ2v) is 9.33. The third-order valence-electron chi connectivity index (χ3n) is 7.31. The van der Waals surface area contributed by atoms with E-state index in [1.54, 1.807) is 0 Å². The molecule has 174 valence electrons. The normalized spacial score (nSPS) is 27.1. The van der Waals surface area contributed by atoms with Crippen LogP contribution in [0.2, 0.25) is 0 Å². The fourth-order valence-electron chi connectivity index (χ4n) is 5.62. The van der Waals surface area contributed by atoms with Crippen molar-refractivity contribution in [2.24, 2.45) is 17.8 Å². The molecule has 1 aromatic rings. The van der Waals surface area contributed by atoms with Crippen LogP contribution < -0.4 is 4.74 Å². The zero-order chi connectivity index (χ0) is 22.4. The summed E-state index contributed by atoms with van der Waals surface area (Å²) in [6.45, 7) is 3.77. The van der Waals surface area contributed by atoms with Crippen LogP contribution in [0.3, 0.4) is 0 Å². The van der Waals surface area contributed by atoms with Gasteiger partial charge in [-0.1, -0.05) is 31.8 Å². The fraction of sp³-hybridized carbons (Fsp3) is 0.680. The number of benzene rings is 1. The highest BCUT2D eigenvalue weighted by Crippen LogP contribution is 2.45. The van der Waals surface area contributed by atoms with Crippen molar-refractivity contribution in [1.29, 1.82) is 0 Å². The summed E-state index contributed by atoms with van der Waals surface area (Å²) < 4.78 is 68.6. The third-order valence-corrected chi connectivity index (χ3v) is 7.31. The maximum atomic E-state index is 14.1. The maximum Gasteiger partial charge on any atom is 0.573 e. The van der Waals surface area contributed by atoms with Gasteiger partial charge in [0.15, 0.2) is 11.6 Å². The Morgan fingerprint density at radius 2 is 1.42 bits per heavy atom. The molecule has 0 unspecified atom stereocenters. The van der Waals surface area contributed by atoms with E-state index in [4.69, 9.17) is 0 Å². The molecule has 0 amide bonds. The highest BCUT2D eigenvalue weighted by Gasteiger charge is 2.35. The molecule has 2 fully saturated rings. The van der Waals surface area contributed by atoms with Gasteiger partial charge in [0.05, 0.1) is 0 Å². The van der Waals surface area contributed by atoms with Gasteiger partial charge in [-0.2, -0.15) is 0 Å². The Morgan fingerprint density at radius 3 is 1.94 bits per heavy atom. The monoisotopic (exact) mass is 444 g/mol. The van der Waals surface area contributed by atoms with Crippen molar-refractivity contribution >= 4 is 0 Å². The van der Waals surface area contributed by atoms with E-state index in [0.29, 0.717) is 11.5 Å². The molecule has 0 bridgehead atoms. The van der Waals surface area contributed by atoms with Crippen molar-refractivity contribution in [2.75, 3.05) is 0 Å². The predicted octanol–water partition coefficient (Wildman–Crippen LogP) is 8.69. The molecule has 2 saturated carbocycles. The second kappa shape index (κ2) is 10.8. The van der Waals surface area contributed by atoms with E-state index < -0.39 is 23.7 Å². The van der Waals surface area contributed by atoms with E-state index in [1.165, 1.54) is 44.9 Å². The number of rotatable bonds is 8. The smallest absolute Gasteiger partial charge is 0.399 e. The lowest BCUT2D eigenvalue weighted by molar-refractivity contribution is -0.276. The first-order valence-corrected chi connectivity index (χ1v) is 11.6. The molecule has 2 aliphatic carbocycles. The topological polar surface area (TPSA) is 9.23 Å². The van der Waals surface area contributed by atoms with Gasteiger partial charge in [-0.25, -0.2) is 8.78 Å². The average molecular weight is 445 g/mol. The Hall–Kier alpha value is -1.59. The van der Waals surface area contributed by atoms with E-state index >= 15 is 0 Å². The first-order chi connectivity index (χ1) is 14.8. The SMILES string of the molecule is C=CCCCCC1CCC(C2CCC(c3cc(F)c(OC(F)(F)F)c(F)c3)CC2)CC1. The number of allylic oxidation sites excluding steroid dienone is 1. The molecule has 0 heterocycles. The number of unbranched alkanes of at least 4 members (excludes halogenated alkanes) is 2. The van der Waals surface area contributed by atoms with Gasteiger partial charge < -0.3 is 4.74 Å². The highest BCUT2D eigenvalue weighted by atomic mass is 19.4. The number of hydrogen-bond acceptors (Lipinski definition) is 1. The Bertz CT molecular complexity index is 690. The molecule has 0 spiro atoms. The van der Waals surface area contributed by atoms with Crippen LogP contribution in [0, 0.1) is 29.4 Å². The van der Waals surface area contributed by atoms with Crippen LogP contribution in [-0.4, -0.2) is 6.36 Å². The predicted molar refractivity (Wildman–Crippen MR) is 112 cm³/mol. The van der Waals surface area contributed by atoms with Crippen molar-refractivity contribution in [2.45, 2.75) is 89.3 Å². The minimum atomic E-state index is -5.12.